The minimum Gasteiger partial charge on any atom is -0.497 e. The summed E-state index contributed by atoms with van der Waals surface area (Å²) in [5.41, 5.74) is 1.49. The highest BCUT2D eigenvalue weighted by molar-refractivity contribution is 7.99. The second kappa shape index (κ2) is 9.46. The van der Waals surface area contributed by atoms with Crippen molar-refractivity contribution in [3.05, 3.63) is 72.0 Å². The van der Waals surface area contributed by atoms with Crippen molar-refractivity contribution in [1.82, 2.24) is 19.7 Å². The maximum Gasteiger partial charge on any atom is 0.233 e. The lowest BCUT2D eigenvalue weighted by molar-refractivity contribution is -0.127. The minimum atomic E-state index is -0.321. The summed E-state index contributed by atoms with van der Waals surface area (Å²) in [6, 6.07) is 19.0. The molecule has 1 aliphatic rings. The topological polar surface area (TPSA) is 60.2 Å². The molecule has 0 N–H and O–H groups in total. The number of benzene rings is 3. The summed E-state index contributed by atoms with van der Waals surface area (Å²) in [6.45, 7) is 0.511. The summed E-state index contributed by atoms with van der Waals surface area (Å²) in [5.74, 6) is 1.26. The number of carbonyl (C=O) groups is 1. The van der Waals surface area contributed by atoms with Crippen molar-refractivity contribution >= 4 is 28.4 Å². The second-order valence-corrected chi connectivity index (χ2v) is 9.42. The summed E-state index contributed by atoms with van der Waals surface area (Å²) >= 11 is 1.35. The first-order valence-corrected chi connectivity index (χ1v) is 12.2. The molecule has 0 spiro atoms. The molecule has 174 valence electrons. The molecule has 0 aliphatic heterocycles. The molecule has 34 heavy (non-hydrogen) atoms. The van der Waals surface area contributed by atoms with Gasteiger partial charge in [-0.3, -0.25) is 9.36 Å². The Morgan fingerprint density at radius 3 is 2.65 bits per heavy atom. The van der Waals surface area contributed by atoms with Crippen LogP contribution in [0.3, 0.4) is 0 Å². The Labute approximate surface area is 201 Å². The predicted molar refractivity (Wildman–Crippen MR) is 131 cm³/mol. The van der Waals surface area contributed by atoms with Gasteiger partial charge in [0.15, 0.2) is 11.0 Å². The summed E-state index contributed by atoms with van der Waals surface area (Å²) in [7, 11) is 3.46. The standard InChI is InChI=1S/C26H25FN4O2S/c1-30(15-17-7-8-19-14-21(33-2)12-9-18(19)13-17)24(32)16-34-26-29-28-25(31(26)20-10-11-20)22-5-3-4-6-23(22)27/h3-9,12-14,20H,10-11,15-16H2,1-2H3. The van der Waals surface area contributed by atoms with Crippen LogP contribution in [-0.4, -0.2) is 45.5 Å². The highest BCUT2D eigenvalue weighted by Crippen LogP contribution is 2.41. The fourth-order valence-corrected chi connectivity index (χ4v) is 4.91. The molecule has 1 fully saturated rings. The van der Waals surface area contributed by atoms with Gasteiger partial charge in [0, 0.05) is 19.6 Å². The first-order valence-electron chi connectivity index (χ1n) is 11.2. The fourth-order valence-electron chi connectivity index (χ4n) is 3.96. The molecule has 8 heteroatoms. The SMILES string of the molecule is COc1ccc2cc(CN(C)C(=O)CSc3nnc(-c4ccccc4F)n3C3CC3)ccc2c1. The number of methoxy groups -OCH3 is 1. The van der Waals surface area contributed by atoms with E-state index >= 15 is 0 Å². The molecule has 6 nitrogen and oxygen atoms in total. The first kappa shape index (κ1) is 22.4. The number of hydrogen-bond acceptors (Lipinski definition) is 5. The molecule has 0 unspecified atom stereocenters. The lowest BCUT2D eigenvalue weighted by Crippen LogP contribution is -2.27. The zero-order valence-corrected chi connectivity index (χ0v) is 19.9. The molecule has 0 bridgehead atoms. The number of rotatable bonds is 8. The Bertz CT molecular complexity index is 1350. The van der Waals surface area contributed by atoms with Crippen molar-refractivity contribution < 1.29 is 13.9 Å². The highest BCUT2D eigenvalue weighted by atomic mass is 32.2. The van der Waals surface area contributed by atoms with Gasteiger partial charge >= 0.3 is 0 Å². The van der Waals surface area contributed by atoms with Gasteiger partial charge in [0.2, 0.25) is 5.91 Å². The van der Waals surface area contributed by atoms with Gasteiger partial charge < -0.3 is 9.64 Å². The van der Waals surface area contributed by atoms with Crippen molar-refractivity contribution in [1.29, 1.82) is 0 Å². The summed E-state index contributed by atoms with van der Waals surface area (Å²) < 4.78 is 21.6. The number of aromatic nitrogens is 3. The molecule has 1 heterocycles. The van der Waals surface area contributed by atoms with E-state index in [1.54, 1.807) is 37.3 Å². The Kier molecular flexibility index (Phi) is 6.24. The quantitative estimate of drug-likeness (QED) is 0.322. The second-order valence-electron chi connectivity index (χ2n) is 8.47. The van der Waals surface area contributed by atoms with E-state index in [1.807, 2.05) is 34.9 Å². The monoisotopic (exact) mass is 476 g/mol. The zero-order valence-electron chi connectivity index (χ0n) is 19.1. The molecule has 0 atom stereocenters. The molecule has 0 saturated heterocycles. The Morgan fingerprint density at radius 2 is 1.88 bits per heavy atom. The number of amides is 1. The van der Waals surface area contributed by atoms with E-state index in [0.29, 0.717) is 23.1 Å². The van der Waals surface area contributed by atoms with E-state index < -0.39 is 0 Å². The summed E-state index contributed by atoms with van der Waals surface area (Å²) in [4.78, 5) is 14.6. The van der Waals surface area contributed by atoms with Crippen LogP contribution in [-0.2, 0) is 11.3 Å². The normalized spacial score (nSPS) is 13.3. The molecule has 3 aromatic carbocycles. The van der Waals surface area contributed by atoms with E-state index in [-0.39, 0.29) is 23.5 Å². The maximum absolute atomic E-state index is 14.4. The van der Waals surface area contributed by atoms with E-state index in [2.05, 4.69) is 16.3 Å². The third kappa shape index (κ3) is 4.63. The maximum atomic E-state index is 14.4. The third-order valence-corrected chi connectivity index (χ3v) is 6.90. The van der Waals surface area contributed by atoms with E-state index in [9.17, 15) is 9.18 Å². The van der Waals surface area contributed by atoms with Crippen LogP contribution in [0, 0.1) is 5.82 Å². The molecule has 1 saturated carbocycles. The van der Waals surface area contributed by atoms with Crippen LogP contribution in [0.15, 0.2) is 65.8 Å². The Hall–Kier alpha value is -3.39. The molecule has 0 radical (unpaired) electrons. The van der Waals surface area contributed by atoms with Gasteiger partial charge in [-0.15, -0.1) is 10.2 Å². The summed E-state index contributed by atoms with van der Waals surface area (Å²) in [5, 5.41) is 11.4. The van der Waals surface area contributed by atoms with Crippen molar-refractivity contribution in [3.63, 3.8) is 0 Å². The average molecular weight is 477 g/mol. The van der Waals surface area contributed by atoms with Gasteiger partial charge in [-0.1, -0.05) is 42.1 Å². The number of fused-ring (bicyclic) bond motifs is 1. The number of thioether (sulfide) groups is 1. The van der Waals surface area contributed by atoms with Crippen molar-refractivity contribution in [3.8, 4) is 17.1 Å². The van der Waals surface area contributed by atoms with Gasteiger partial charge in [0.25, 0.3) is 0 Å². The van der Waals surface area contributed by atoms with Gasteiger partial charge in [-0.2, -0.15) is 0 Å². The molecule has 4 aromatic rings. The van der Waals surface area contributed by atoms with Crippen molar-refractivity contribution in [2.45, 2.75) is 30.6 Å². The van der Waals surface area contributed by atoms with Gasteiger partial charge in [-0.05, 0) is 59.5 Å². The Balaban J connectivity index is 1.26. The van der Waals surface area contributed by atoms with Crippen LogP contribution in [0.1, 0.15) is 24.4 Å². The number of hydrogen-bond donors (Lipinski definition) is 0. The largest absolute Gasteiger partial charge is 0.497 e. The average Bonchev–Trinajstić information content (AvgIpc) is 3.61. The van der Waals surface area contributed by atoms with Gasteiger partial charge in [0.05, 0.1) is 18.4 Å². The zero-order chi connectivity index (χ0) is 23.7. The van der Waals surface area contributed by atoms with Crippen LogP contribution in [0.25, 0.3) is 22.2 Å². The number of carbonyl (C=O) groups excluding carboxylic acids is 1. The lowest BCUT2D eigenvalue weighted by Gasteiger charge is -2.17. The molecular formula is C26H25FN4O2S. The molecule has 5 rings (SSSR count). The molecule has 1 aliphatic carbocycles. The highest BCUT2D eigenvalue weighted by Gasteiger charge is 2.31. The Morgan fingerprint density at radius 1 is 1.12 bits per heavy atom. The number of halogens is 1. The number of ether oxygens (including phenoxy) is 1. The van der Waals surface area contributed by atoms with Crippen LogP contribution >= 0.6 is 11.8 Å². The minimum absolute atomic E-state index is 0.00221. The van der Waals surface area contributed by atoms with Crippen LogP contribution in [0.2, 0.25) is 0 Å². The van der Waals surface area contributed by atoms with Crippen LogP contribution in [0.4, 0.5) is 4.39 Å². The van der Waals surface area contributed by atoms with Gasteiger partial charge in [-0.25, -0.2) is 4.39 Å². The van der Waals surface area contributed by atoms with E-state index in [4.69, 9.17) is 4.74 Å². The van der Waals surface area contributed by atoms with Crippen LogP contribution < -0.4 is 4.74 Å². The van der Waals surface area contributed by atoms with E-state index in [0.717, 1.165) is 34.9 Å². The third-order valence-electron chi connectivity index (χ3n) is 5.97. The summed E-state index contributed by atoms with van der Waals surface area (Å²) in [6.07, 6.45) is 2.02. The van der Waals surface area contributed by atoms with Crippen molar-refractivity contribution in [2.24, 2.45) is 0 Å². The first-order chi connectivity index (χ1) is 16.5. The van der Waals surface area contributed by atoms with E-state index in [1.165, 1.54) is 17.8 Å². The molecule has 1 amide bonds. The molecule has 1 aromatic heterocycles. The smallest absolute Gasteiger partial charge is 0.233 e. The fraction of sp³-hybridized carbons (Fsp3) is 0.269. The molecular weight excluding hydrogens is 451 g/mol. The van der Waals surface area contributed by atoms with Crippen LogP contribution in [0.5, 0.6) is 5.75 Å². The van der Waals surface area contributed by atoms with Crippen molar-refractivity contribution in [2.75, 3.05) is 19.9 Å². The van der Waals surface area contributed by atoms with Gasteiger partial charge in [0.1, 0.15) is 11.6 Å². The number of nitrogens with zero attached hydrogens (tertiary/aromatic N) is 4. The lowest BCUT2D eigenvalue weighted by atomic mass is 10.1. The predicted octanol–water partition coefficient (Wildman–Crippen LogP) is 5.33.